The summed E-state index contributed by atoms with van der Waals surface area (Å²) in [6.45, 7) is 5.99. The smallest absolute Gasteiger partial charge is 0.410 e. The van der Waals surface area contributed by atoms with Crippen molar-refractivity contribution in [3.63, 3.8) is 0 Å². The Morgan fingerprint density at radius 3 is 2.67 bits per heavy atom. The number of rotatable bonds is 4. The van der Waals surface area contributed by atoms with Crippen LogP contribution in [0.2, 0.25) is 0 Å². The number of hydrogen-bond acceptors (Lipinski definition) is 5. The molecule has 9 nitrogen and oxygen atoms in total. The molecular weight excluding hydrogens is 350 g/mol. The lowest BCUT2D eigenvalue weighted by Crippen LogP contribution is -2.56. The molecule has 1 unspecified atom stereocenters. The van der Waals surface area contributed by atoms with Crippen molar-refractivity contribution in [1.82, 2.24) is 10.2 Å². The lowest BCUT2D eigenvalue weighted by Gasteiger charge is -2.36. The number of piperidine rings is 1. The van der Waals surface area contributed by atoms with Crippen molar-refractivity contribution < 1.29 is 19.1 Å². The maximum absolute atomic E-state index is 12.4. The van der Waals surface area contributed by atoms with Crippen molar-refractivity contribution in [3.8, 4) is 0 Å². The predicted octanol–water partition coefficient (Wildman–Crippen LogP) is 3.60. The number of amides is 2. The number of nitrogens with one attached hydrogen (secondary N) is 1. The molecule has 0 saturated carbocycles. The highest BCUT2D eigenvalue weighted by Crippen LogP contribution is 2.17. The maximum atomic E-state index is 12.4. The van der Waals surface area contributed by atoms with Crippen LogP contribution < -0.4 is 5.32 Å². The van der Waals surface area contributed by atoms with Crippen LogP contribution in [0.3, 0.4) is 0 Å². The second-order valence-corrected chi connectivity index (χ2v) is 7.30. The van der Waals surface area contributed by atoms with E-state index in [0.29, 0.717) is 13.0 Å². The van der Waals surface area contributed by atoms with Crippen molar-refractivity contribution in [1.29, 1.82) is 0 Å². The molecule has 1 N–H and O–H groups in total. The first-order valence-electron chi connectivity index (χ1n) is 8.78. The molecule has 1 aliphatic heterocycles. The highest BCUT2D eigenvalue weighted by atomic mass is 16.6. The van der Waals surface area contributed by atoms with Crippen LogP contribution in [-0.4, -0.2) is 47.9 Å². The summed E-state index contributed by atoms with van der Waals surface area (Å²) in [7, 11) is 0. The van der Waals surface area contributed by atoms with Crippen LogP contribution in [0.1, 0.15) is 32.8 Å². The Balaban J connectivity index is 1.96. The summed E-state index contributed by atoms with van der Waals surface area (Å²) in [5.41, 5.74) is 8.99. The van der Waals surface area contributed by atoms with Crippen LogP contribution in [0.4, 0.5) is 9.59 Å². The third kappa shape index (κ3) is 6.71. The van der Waals surface area contributed by atoms with Gasteiger partial charge in [0.2, 0.25) is 0 Å². The van der Waals surface area contributed by atoms with E-state index in [2.05, 4.69) is 15.3 Å². The van der Waals surface area contributed by atoms with Crippen LogP contribution in [0.25, 0.3) is 10.4 Å². The fraction of sp³-hybridized carbons (Fsp3) is 0.556. The molecule has 0 aliphatic carbocycles. The summed E-state index contributed by atoms with van der Waals surface area (Å²) in [4.78, 5) is 28.7. The lowest BCUT2D eigenvalue weighted by atomic mass is 10.0. The number of azide groups is 1. The maximum Gasteiger partial charge on any atom is 0.410 e. The van der Waals surface area contributed by atoms with Crippen LogP contribution >= 0.6 is 0 Å². The van der Waals surface area contributed by atoms with Crippen molar-refractivity contribution in [3.05, 3.63) is 46.3 Å². The summed E-state index contributed by atoms with van der Waals surface area (Å²) in [5, 5.41) is 6.43. The summed E-state index contributed by atoms with van der Waals surface area (Å²) in [5.74, 6) is 0. The summed E-state index contributed by atoms with van der Waals surface area (Å²) >= 11 is 0. The quantitative estimate of drug-likeness (QED) is 0.491. The molecule has 0 bridgehead atoms. The molecule has 0 aromatic heterocycles. The van der Waals surface area contributed by atoms with Gasteiger partial charge in [0.05, 0.1) is 12.1 Å². The van der Waals surface area contributed by atoms with Gasteiger partial charge in [-0.15, -0.1) is 0 Å². The van der Waals surface area contributed by atoms with Gasteiger partial charge in [0, 0.05) is 18.0 Å². The molecule has 0 spiro atoms. The normalized spacial score (nSPS) is 19.6. The number of carbonyl (C=O) groups is 2. The average Bonchev–Trinajstić information content (AvgIpc) is 2.60. The monoisotopic (exact) mass is 375 g/mol. The van der Waals surface area contributed by atoms with Gasteiger partial charge in [-0.1, -0.05) is 35.4 Å². The second kappa shape index (κ2) is 9.14. The number of benzene rings is 1. The Labute approximate surface area is 158 Å². The predicted molar refractivity (Wildman–Crippen MR) is 98.9 cm³/mol. The third-order valence-electron chi connectivity index (χ3n) is 3.94. The lowest BCUT2D eigenvalue weighted by molar-refractivity contribution is 0.0434. The Morgan fingerprint density at radius 2 is 2.04 bits per heavy atom. The Morgan fingerprint density at radius 1 is 1.33 bits per heavy atom. The molecule has 1 aromatic rings. The van der Waals surface area contributed by atoms with E-state index in [1.165, 1.54) is 4.90 Å². The molecule has 1 saturated heterocycles. The second-order valence-electron chi connectivity index (χ2n) is 7.30. The van der Waals surface area contributed by atoms with Crippen LogP contribution in [0, 0.1) is 0 Å². The molecule has 1 fully saturated rings. The summed E-state index contributed by atoms with van der Waals surface area (Å²) in [6.07, 6.45) is -0.676. The minimum absolute atomic E-state index is 0.167. The molecule has 9 heteroatoms. The van der Waals surface area contributed by atoms with Gasteiger partial charge in [-0.25, -0.2) is 9.59 Å². The molecule has 2 rings (SSSR count). The van der Waals surface area contributed by atoms with E-state index < -0.39 is 29.9 Å². The van der Waals surface area contributed by atoms with E-state index in [0.717, 1.165) is 5.56 Å². The van der Waals surface area contributed by atoms with E-state index in [1.54, 1.807) is 20.8 Å². The standard InChI is InChI=1S/C18H25N5O4/c1-18(2,3)27-16(24)20-15-11-23(10-9-14(15)21-22-19)17(25)26-12-13-7-5-4-6-8-13/h4-8,14-15H,9-12H2,1-3H3,(H,20,24)/t14?,15-/m0/s1. The van der Waals surface area contributed by atoms with E-state index in [-0.39, 0.29) is 13.2 Å². The molecule has 1 aromatic carbocycles. The van der Waals surface area contributed by atoms with Crippen LogP contribution in [0.5, 0.6) is 0 Å². The van der Waals surface area contributed by atoms with Gasteiger partial charge in [-0.3, -0.25) is 0 Å². The molecular formula is C18H25N5O4. The first-order chi connectivity index (χ1) is 12.8. The zero-order valence-electron chi connectivity index (χ0n) is 15.8. The van der Waals surface area contributed by atoms with Gasteiger partial charge in [0.25, 0.3) is 0 Å². The molecule has 1 aliphatic rings. The fourth-order valence-electron chi connectivity index (χ4n) is 2.72. The number of alkyl carbamates (subject to hydrolysis) is 1. The van der Waals surface area contributed by atoms with Crippen molar-refractivity contribution in [2.24, 2.45) is 5.11 Å². The van der Waals surface area contributed by atoms with E-state index in [9.17, 15) is 9.59 Å². The number of likely N-dealkylation sites (tertiary alicyclic amines) is 1. The molecule has 2 atom stereocenters. The molecule has 146 valence electrons. The summed E-state index contributed by atoms with van der Waals surface area (Å²) < 4.78 is 10.6. The molecule has 1 heterocycles. The van der Waals surface area contributed by atoms with Gasteiger partial charge in [-0.05, 0) is 38.3 Å². The topological polar surface area (TPSA) is 117 Å². The highest BCUT2D eigenvalue weighted by Gasteiger charge is 2.33. The molecule has 0 radical (unpaired) electrons. The third-order valence-corrected chi connectivity index (χ3v) is 3.94. The minimum atomic E-state index is -0.652. The van der Waals surface area contributed by atoms with Crippen LogP contribution in [-0.2, 0) is 16.1 Å². The zero-order chi connectivity index (χ0) is 19.9. The van der Waals surface area contributed by atoms with Crippen molar-refractivity contribution in [2.75, 3.05) is 13.1 Å². The van der Waals surface area contributed by atoms with E-state index in [4.69, 9.17) is 15.0 Å². The zero-order valence-corrected chi connectivity index (χ0v) is 15.8. The molecule has 27 heavy (non-hydrogen) atoms. The number of hydrogen-bond donors (Lipinski definition) is 1. The largest absolute Gasteiger partial charge is 0.445 e. The van der Waals surface area contributed by atoms with Gasteiger partial charge in [0.1, 0.15) is 12.2 Å². The SMILES string of the molecule is CC(C)(C)OC(=O)N[C@H]1CN(C(=O)OCc2ccccc2)CCC1N=[N+]=[N-]. The highest BCUT2D eigenvalue weighted by molar-refractivity contribution is 5.70. The fourth-order valence-corrected chi connectivity index (χ4v) is 2.72. The average molecular weight is 375 g/mol. The van der Waals surface area contributed by atoms with Gasteiger partial charge in [-0.2, -0.15) is 0 Å². The Kier molecular flexibility index (Phi) is 6.90. The van der Waals surface area contributed by atoms with Crippen molar-refractivity contribution in [2.45, 2.75) is 51.5 Å². The Bertz CT molecular complexity index is 697. The van der Waals surface area contributed by atoms with Gasteiger partial charge < -0.3 is 19.7 Å². The van der Waals surface area contributed by atoms with E-state index in [1.807, 2.05) is 30.3 Å². The number of carbonyl (C=O) groups excluding carboxylic acids is 2. The van der Waals surface area contributed by atoms with Crippen LogP contribution in [0.15, 0.2) is 35.4 Å². The number of nitrogens with zero attached hydrogens (tertiary/aromatic N) is 4. The minimum Gasteiger partial charge on any atom is -0.445 e. The van der Waals surface area contributed by atoms with Gasteiger partial charge >= 0.3 is 12.2 Å². The first kappa shape index (κ1) is 20.4. The van der Waals surface area contributed by atoms with Gasteiger partial charge in [0.15, 0.2) is 0 Å². The Hall–Kier alpha value is -2.93. The van der Waals surface area contributed by atoms with E-state index >= 15 is 0 Å². The number of ether oxygens (including phenoxy) is 2. The van der Waals surface area contributed by atoms with Crippen molar-refractivity contribution >= 4 is 12.2 Å². The summed E-state index contributed by atoms with van der Waals surface area (Å²) in [6, 6.07) is 8.36. The first-order valence-corrected chi connectivity index (χ1v) is 8.78. The molecule has 2 amide bonds.